The van der Waals surface area contributed by atoms with E-state index in [0.29, 0.717) is 16.9 Å². The number of nitrogens with zero attached hydrogens (tertiary/aromatic N) is 1. The van der Waals surface area contributed by atoms with E-state index in [4.69, 9.17) is 10.00 Å². The summed E-state index contributed by atoms with van der Waals surface area (Å²) in [5.74, 6) is 0.0803. The minimum atomic E-state index is -0.645. The third kappa shape index (κ3) is 3.34. The third-order valence-electron chi connectivity index (χ3n) is 2.85. The Morgan fingerprint density at radius 2 is 2.05 bits per heavy atom. The molecule has 0 heterocycles. The summed E-state index contributed by atoms with van der Waals surface area (Å²) in [4.78, 5) is 0. The lowest BCUT2D eigenvalue weighted by Crippen LogP contribution is -2.01. The van der Waals surface area contributed by atoms with Crippen molar-refractivity contribution in [3.63, 3.8) is 0 Å². The first kappa shape index (κ1) is 14.0. The first-order valence-electron chi connectivity index (χ1n) is 6.19. The number of ether oxygens (including phenoxy) is 1. The van der Waals surface area contributed by atoms with Crippen molar-refractivity contribution in [2.45, 2.75) is 19.6 Å². The number of para-hydroxylation sites is 1. The molecule has 2 aromatic rings. The van der Waals surface area contributed by atoms with E-state index >= 15 is 0 Å². The Bertz CT molecular complexity index is 647. The Morgan fingerprint density at radius 3 is 2.75 bits per heavy atom. The summed E-state index contributed by atoms with van der Waals surface area (Å²) in [6, 6.07) is 13.1. The molecule has 0 bridgehead atoms. The van der Waals surface area contributed by atoms with Crippen molar-refractivity contribution < 1.29 is 14.2 Å². The second kappa shape index (κ2) is 6.18. The van der Waals surface area contributed by atoms with Gasteiger partial charge in [-0.1, -0.05) is 18.2 Å². The van der Waals surface area contributed by atoms with E-state index in [0.717, 1.165) is 0 Å². The summed E-state index contributed by atoms with van der Waals surface area (Å²) in [6.07, 6.45) is -0.645. The van der Waals surface area contributed by atoms with Gasteiger partial charge in [-0.05, 0) is 36.8 Å². The van der Waals surface area contributed by atoms with Crippen LogP contribution in [0.1, 0.15) is 29.7 Å². The zero-order valence-electron chi connectivity index (χ0n) is 11.0. The molecule has 3 nitrogen and oxygen atoms in total. The van der Waals surface area contributed by atoms with Gasteiger partial charge in [-0.2, -0.15) is 5.26 Å². The van der Waals surface area contributed by atoms with E-state index in [1.165, 1.54) is 12.1 Å². The number of aliphatic hydroxyl groups is 1. The normalized spacial score (nSPS) is 11.7. The molecule has 2 aromatic carbocycles. The molecule has 0 amide bonds. The highest BCUT2D eigenvalue weighted by Crippen LogP contribution is 2.25. The summed E-state index contributed by atoms with van der Waals surface area (Å²) in [5, 5.41) is 18.4. The molecular weight excluding hydrogens is 257 g/mol. The molecule has 0 aliphatic carbocycles. The minimum Gasteiger partial charge on any atom is -0.489 e. The molecule has 0 aliphatic rings. The van der Waals surface area contributed by atoms with Gasteiger partial charge in [-0.15, -0.1) is 0 Å². The van der Waals surface area contributed by atoms with Gasteiger partial charge in [0.15, 0.2) is 0 Å². The summed E-state index contributed by atoms with van der Waals surface area (Å²) < 4.78 is 18.9. The number of halogens is 1. The van der Waals surface area contributed by atoms with Gasteiger partial charge in [0, 0.05) is 5.56 Å². The van der Waals surface area contributed by atoms with E-state index in [1.807, 2.05) is 12.1 Å². The lowest BCUT2D eigenvalue weighted by molar-refractivity contribution is 0.190. The van der Waals surface area contributed by atoms with Gasteiger partial charge in [0.2, 0.25) is 0 Å². The van der Waals surface area contributed by atoms with Crippen LogP contribution in [0.4, 0.5) is 4.39 Å². The van der Waals surface area contributed by atoms with E-state index in [2.05, 4.69) is 0 Å². The number of hydrogen-bond donors (Lipinski definition) is 1. The first-order chi connectivity index (χ1) is 9.60. The monoisotopic (exact) mass is 271 g/mol. The average molecular weight is 271 g/mol. The molecule has 0 saturated carbocycles. The molecule has 0 saturated heterocycles. The van der Waals surface area contributed by atoms with Crippen molar-refractivity contribution in [1.29, 1.82) is 5.26 Å². The second-order valence-electron chi connectivity index (χ2n) is 4.46. The van der Waals surface area contributed by atoms with Crippen molar-refractivity contribution in [3.8, 4) is 11.8 Å². The highest BCUT2D eigenvalue weighted by atomic mass is 19.1. The quantitative estimate of drug-likeness (QED) is 0.928. The fourth-order valence-electron chi connectivity index (χ4n) is 1.92. The molecule has 1 atom stereocenters. The van der Waals surface area contributed by atoms with Gasteiger partial charge in [0.05, 0.1) is 17.7 Å². The average Bonchev–Trinajstić information content (AvgIpc) is 2.44. The lowest BCUT2D eigenvalue weighted by atomic mass is 10.1. The van der Waals surface area contributed by atoms with Crippen LogP contribution in [0.25, 0.3) is 0 Å². The van der Waals surface area contributed by atoms with Gasteiger partial charge in [-0.3, -0.25) is 0 Å². The van der Waals surface area contributed by atoms with Crippen LogP contribution in [-0.2, 0) is 6.61 Å². The van der Waals surface area contributed by atoms with Crippen LogP contribution in [0.3, 0.4) is 0 Å². The van der Waals surface area contributed by atoms with E-state index in [1.54, 1.807) is 31.2 Å². The number of aliphatic hydroxyl groups excluding tert-OH is 1. The van der Waals surface area contributed by atoms with E-state index in [9.17, 15) is 9.50 Å². The third-order valence-corrected chi connectivity index (χ3v) is 2.85. The lowest BCUT2D eigenvalue weighted by Gasteiger charge is -2.13. The van der Waals surface area contributed by atoms with Gasteiger partial charge in [-0.25, -0.2) is 4.39 Å². The Kier molecular flexibility index (Phi) is 4.34. The summed E-state index contributed by atoms with van der Waals surface area (Å²) >= 11 is 0. The number of hydrogen-bond acceptors (Lipinski definition) is 3. The van der Waals surface area contributed by atoms with Gasteiger partial charge < -0.3 is 9.84 Å². The van der Waals surface area contributed by atoms with Crippen LogP contribution in [0, 0.1) is 17.1 Å². The highest BCUT2D eigenvalue weighted by Gasteiger charge is 2.09. The number of nitriles is 1. The largest absolute Gasteiger partial charge is 0.489 e. The number of rotatable bonds is 4. The molecule has 0 spiro atoms. The second-order valence-corrected chi connectivity index (χ2v) is 4.46. The Morgan fingerprint density at radius 1 is 1.30 bits per heavy atom. The predicted molar refractivity (Wildman–Crippen MR) is 72.5 cm³/mol. The molecule has 1 unspecified atom stereocenters. The molecular formula is C16H14FNO2. The maximum atomic E-state index is 13.3. The van der Waals surface area contributed by atoms with Gasteiger partial charge in [0.1, 0.15) is 18.2 Å². The summed E-state index contributed by atoms with van der Waals surface area (Å²) in [5.41, 5.74) is 1.50. The topological polar surface area (TPSA) is 53.2 Å². The fourth-order valence-corrected chi connectivity index (χ4v) is 1.92. The molecule has 0 aromatic heterocycles. The summed E-state index contributed by atoms with van der Waals surface area (Å²) in [6.45, 7) is 1.79. The van der Waals surface area contributed by atoms with Crippen molar-refractivity contribution >= 4 is 0 Å². The zero-order valence-corrected chi connectivity index (χ0v) is 11.0. The minimum absolute atomic E-state index is 0.135. The fraction of sp³-hybridized carbons (Fsp3) is 0.188. The molecule has 20 heavy (non-hydrogen) atoms. The number of benzene rings is 2. The molecule has 2 rings (SSSR count). The Balaban J connectivity index is 2.17. The Labute approximate surface area is 116 Å². The van der Waals surface area contributed by atoms with Crippen LogP contribution in [0.5, 0.6) is 5.75 Å². The molecule has 0 radical (unpaired) electrons. The van der Waals surface area contributed by atoms with E-state index < -0.39 is 11.9 Å². The maximum absolute atomic E-state index is 13.3. The molecule has 0 aliphatic heterocycles. The predicted octanol–water partition coefficient (Wildman–Crippen LogP) is 3.33. The van der Waals surface area contributed by atoms with Crippen LogP contribution in [0.2, 0.25) is 0 Å². The van der Waals surface area contributed by atoms with Crippen LogP contribution in [0.15, 0.2) is 42.5 Å². The standard InChI is InChI=1S/C16H14FNO2/c1-11(19)15-4-2-3-5-16(15)20-10-13-6-12(9-18)7-14(17)8-13/h2-8,11,19H,10H2,1H3. The maximum Gasteiger partial charge on any atom is 0.125 e. The molecule has 1 N–H and O–H groups in total. The molecule has 102 valence electrons. The summed E-state index contributed by atoms with van der Waals surface area (Å²) in [7, 11) is 0. The first-order valence-corrected chi connectivity index (χ1v) is 6.19. The van der Waals surface area contributed by atoms with Crippen molar-refractivity contribution in [2.75, 3.05) is 0 Å². The van der Waals surface area contributed by atoms with Crippen LogP contribution < -0.4 is 4.74 Å². The van der Waals surface area contributed by atoms with Crippen molar-refractivity contribution in [1.82, 2.24) is 0 Å². The molecule has 0 fully saturated rings. The zero-order chi connectivity index (χ0) is 14.5. The van der Waals surface area contributed by atoms with Gasteiger partial charge >= 0.3 is 0 Å². The van der Waals surface area contributed by atoms with Crippen molar-refractivity contribution in [2.24, 2.45) is 0 Å². The SMILES string of the molecule is CC(O)c1ccccc1OCc1cc(F)cc(C#N)c1. The smallest absolute Gasteiger partial charge is 0.125 e. The van der Waals surface area contributed by atoms with Crippen molar-refractivity contribution in [3.05, 3.63) is 65.0 Å². The van der Waals surface area contributed by atoms with Gasteiger partial charge in [0.25, 0.3) is 0 Å². The highest BCUT2D eigenvalue weighted by molar-refractivity contribution is 5.36. The van der Waals surface area contributed by atoms with E-state index in [-0.39, 0.29) is 12.2 Å². The molecule has 4 heteroatoms. The van der Waals surface area contributed by atoms with Crippen LogP contribution >= 0.6 is 0 Å². The Hall–Kier alpha value is -2.38. The van der Waals surface area contributed by atoms with Crippen LogP contribution in [-0.4, -0.2) is 5.11 Å².